The van der Waals surface area contributed by atoms with Crippen LogP contribution in [0.4, 0.5) is 0 Å². The van der Waals surface area contributed by atoms with Crippen molar-refractivity contribution in [3.8, 4) is 89.7 Å². The SMILES string of the molecule is [2H]C([2H])([2H])c1cc(-n2c(-c3cc(C(C)(C)C)cc(C(C)(C)C)c3O)nc3c(-c4[c-]c(-c5cc(-c6ccccc6)ccn5)cc(-c5ccccc5)c4)cccc32)c(-c2ccccc2)cc1-c1ccc(C(C)(C)C)cc1.[Pt]. The van der Waals surface area contributed by atoms with E-state index >= 15 is 0 Å². The fourth-order valence-electron chi connectivity index (χ4n) is 9.60. The van der Waals surface area contributed by atoms with Crippen molar-refractivity contribution in [1.82, 2.24) is 14.5 Å². The second kappa shape index (κ2) is 19.5. The first-order chi connectivity index (χ1) is 35.1. The van der Waals surface area contributed by atoms with Gasteiger partial charge in [-0.25, -0.2) is 4.98 Å². The Kier molecular flexibility index (Phi) is 12.4. The smallest absolute Gasteiger partial charge is 0.148 e. The van der Waals surface area contributed by atoms with Crippen molar-refractivity contribution >= 4 is 11.0 Å². The van der Waals surface area contributed by atoms with Crippen LogP contribution in [0.3, 0.4) is 0 Å². The van der Waals surface area contributed by atoms with Crippen LogP contribution in [-0.2, 0) is 37.3 Å². The quantitative estimate of drug-likeness (QED) is 0.154. The van der Waals surface area contributed by atoms with Crippen LogP contribution >= 0.6 is 0 Å². The molecule has 0 atom stereocenters. The zero-order valence-electron chi connectivity index (χ0n) is 45.5. The van der Waals surface area contributed by atoms with Crippen LogP contribution in [0.15, 0.2) is 188 Å². The van der Waals surface area contributed by atoms with E-state index in [0.717, 1.165) is 83.5 Å². The van der Waals surface area contributed by atoms with Crippen molar-refractivity contribution in [1.29, 1.82) is 0 Å². The third kappa shape index (κ3) is 9.78. The Morgan fingerprint density at radius 2 is 1.08 bits per heavy atom. The molecule has 0 spiro atoms. The number of rotatable bonds is 8. The molecule has 0 saturated heterocycles. The summed E-state index contributed by atoms with van der Waals surface area (Å²) >= 11 is 0. The van der Waals surface area contributed by atoms with Gasteiger partial charge in [0, 0.05) is 48.2 Å². The number of hydrogen-bond donors (Lipinski definition) is 1. The van der Waals surface area contributed by atoms with Crippen molar-refractivity contribution in [2.24, 2.45) is 0 Å². The molecular weight excluding hydrogens is 1060 g/mol. The normalized spacial score (nSPS) is 12.8. The molecule has 10 aromatic rings. The first-order valence-electron chi connectivity index (χ1n) is 26.0. The first-order valence-corrected chi connectivity index (χ1v) is 24.5. The van der Waals surface area contributed by atoms with E-state index in [4.69, 9.17) is 14.1 Å². The average Bonchev–Trinajstić information content (AvgIpc) is 3.79. The van der Waals surface area contributed by atoms with Crippen LogP contribution in [0.2, 0.25) is 0 Å². The van der Waals surface area contributed by atoms with Crippen molar-refractivity contribution < 1.29 is 30.3 Å². The predicted molar refractivity (Wildman–Crippen MR) is 298 cm³/mol. The predicted octanol–water partition coefficient (Wildman–Crippen LogP) is 17.8. The van der Waals surface area contributed by atoms with E-state index in [-0.39, 0.29) is 43.2 Å². The van der Waals surface area contributed by atoms with Gasteiger partial charge in [-0.2, -0.15) is 0 Å². The molecule has 0 radical (unpaired) electrons. The Balaban J connectivity index is 0.00000689. The van der Waals surface area contributed by atoms with Crippen molar-refractivity contribution in [3.05, 3.63) is 217 Å². The number of aryl methyl sites for hydroxylation is 1. The molecule has 5 heteroatoms. The van der Waals surface area contributed by atoms with Gasteiger partial charge >= 0.3 is 0 Å². The molecule has 4 nitrogen and oxygen atoms in total. The number of aromatic nitrogens is 3. The second-order valence-corrected chi connectivity index (χ2v) is 21.8. The van der Waals surface area contributed by atoms with Crippen LogP contribution in [0, 0.1) is 12.9 Å². The van der Waals surface area contributed by atoms with Gasteiger partial charge in [-0.1, -0.05) is 219 Å². The maximum absolute atomic E-state index is 12.8. The topological polar surface area (TPSA) is 50.9 Å². The molecule has 72 heavy (non-hydrogen) atoms. The third-order valence-corrected chi connectivity index (χ3v) is 13.6. The number of fused-ring (bicyclic) bond motifs is 1. The minimum atomic E-state index is -2.51. The van der Waals surface area contributed by atoms with E-state index in [1.165, 1.54) is 0 Å². The number of nitrogens with zero attached hydrogens (tertiary/aromatic N) is 3. The van der Waals surface area contributed by atoms with Crippen molar-refractivity contribution in [2.45, 2.75) is 85.4 Å². The maximum atomic E-state index is 12.8. The second-order valence-electron chi connectivity index (χ2n) is 21.8. The van der Waals surface area contributed by atoms with E-state index in [0.29, 0.717) is 28.2 Å². The molecule has 10 rings (SSSR count). The van der Waals surface area contributed by atoms with E-state index in [1.807, 2.05) is 103 Å². The summed E-state index contributed by atoms with van der Waals surface area (Å²) in [7, 11) is 0. The van der Waals surface area contributed by atoms with Gasteiger partial charge in [0.05, 0.1) is 22.3 Å². The van der Waals surface area contributed by atoms with Gasteiger partial charge in [0.15, 0.2) is 0 Å². The van der Waals surface area contributed by atoms with Crippen LogP contribution in [0.5, 0.6) is 5.75 Å². The summed E-state index contributed by atoms with van der Waals surface area (Å²) in [5.41, 5.74) is 15.5. The molecule has 0 fully saturated rings. The number of benzene rings is 8. The molecule has 0 unspecified atom stereocenters. The number of phenolic OH excluding ortho intramolecular Hbond substituents is 1. The van der Waals surface area contributed by atoms with Crippen LogP contribution in [0.25, 0.3) is 95.0 Å². The molecule has 0 aliphatic carbocycles. The summed E-state index contributed by atoms with van der Waals surface area (Å²) in [6, 6.07) is 65.5. The fraction of sp³-hybridized carbons (Fsp3) is 0.194. The number of aromatic hydroxyl groups is 1. The van der Waals surface area contributed by atoms with Gasteiger partial charge in [-0.15, -0.1) is 23.8 Å². The van der Waals surface area contributed by atoms with Gasteiger partial charge < -0.3 is 5.11 Å². The zero-order chi connectivity index (χ0) is 52.3. The van der Waals surface area contributed by atoms with Crippen molar-refractivity contribution in [3.63, 3.8) is 0 Å². The van der Waals surface area contributed by atoms with E-state index in [1.54, 1.807) is 0 Å². The summed E-state index contributed by atoms with van der Waals surface area (Å²) in [5, 5.41) is 12.8. The van der Waals surface area contributed by atoms with Gasteiger partial charge in [-0.3, -0.25) is 9.55 Å². The summed E-state index contributed by atoms with van der Waals surface area (Å²) in [6.45, 7) is 16.9. The summed E-state index contributed by atoms with van der Waals surface area (Å²) in [6.07, 6.45) is 1.85. The minimum absolute atomic E-state index is 0. The van der Waals surface area contributed by atoms with Crippen LogP contribution < -0.4 is 0 Å². The van der Waals surface area contributed by atoms with E-state index < -0.39 is 12.3 Å². The Hall–Kier alpha value is -7.13. The standard InChI is InChI=1S/C67H62N3O.Pt/c1-43-35-61(56(46-25-18-13-19-26-46)42-55(43)47-29-31-52(32-30-47)65(2,3)4)70-60-28-20-27-54(62(60)69-64(70)57-40-53(66(5,6)7)41-58(63(57)71)67(8,9)10)50-36-49(45-23-16-12-17-24-45)37-51(38-50)59-39-48(33-34-68-59)44-21-14-11-15-22-44;/h11-37,39-42,71H,1-10H3;/q-1;/i1D3;. The third-order valence-electron chi connectivity index (χ3n) is 13.6. The summed E-state index contributed by atoms with van der Waals surface area (Å²) in [4.78, 5) is 10.6. The molecule has 0 aliphatic heterocycles. The molecule has 0 amide bonds. The maximum Gasteiger partial charge on any atom is 0.148 e. The van der Waals surface area contributed by atoms with Crippen LogP contribution in [-0.4, -0.2) is 19.6 Å². The molecule has 0 aliphatic rings. The van der Waals surface area contributed by atoms with Crippen LogP contribution in [0.1, 0.15) is 88.7 Å². The van der Waals surface area contributed by atoms with Gasteiger partial charge in [0.25, 0.3) is 0 Å². The van der Waals surface area contributed by atoms with Gasteiger partial charge in [0.2, 0.25) is 0 Å². The molecule has 1 N–H and O–H groups in total. The molecule has 2 heterocycles. The minimum Gasteiger partial charge on any atom is -0.507 e. The zero-order valence-corrected chi connectivity index (χ0v) is 44.8. The number of para-hydroxylation sites is 1. The Bertz CT molecular complexity index is 3690. The molecular formula is C67H62N3OPt-. The Morgan fingerprint density at radius 1 is 0.486 bits per heavy atom. The number of hydrogen-bond acceptors (Lipinski definition) is 3. The average molecular weight is 1120 g/mol. The largest absolute Gasteiger partial charge is 0.507 e. The molecule has 0 bridgehead atoms. The molecule has 8 aromatic carbocycles. The molecule has 2 aromatic heterocycles. The van der Waals surface area contributed by atoms with Crippen molar-refractivity contribution in [2.75, 3.05) is 0 Å². The molecule has 0 saturated carbocycles. The first kappa shape index (κ1) is 46.0. The number of imidazole rings is 1. The Morgan fingerprint density at radius 3 is 1.69 bits per heavy atom. The van der Waals surface area contributed by atoms with E-state index in [9.17, 15) is 5.11 Å². The summed E-state index contributed by atoms with van der Waals surface area (Å²) < 4.78 is 29.6. The number of phenols is 1. The fourth-order valence-corrected chi connectivity index (χ4v) is 9.60. The van der Waals surface area contributed by atoms with Gasteiger partial charge in [-0.05, 0) is 103 Å². The monoisotopic (exact) mass is 1120 g/mol. The molecule has 362 valence electrons. The Labute approximate surface area is 445 Å². The van der Waals surface area contributed by atoms with E-state index in [2.05, 4.69) is 158 Å². The van der Waals surface area contributed by atoms with Gasteiger partial charge in [0.1, 0.15) is 11.6 Å². The summed E-state index contributed by atoms with van der Waals surface area (Å²) in [5.74, 6) is 0.606. The number of pyridine rings is 1.